The molecule has 0 aromatic carbocycles. The highest BCUT2D eigenvalue weighted by molar-refractivity contribution is 7.98. The molecule has 1 aliphatic rings. The number of rotatable bonds is 5. The van der Waals surface area contributed by atoms with Gasteiger partial charge in [-0.25, -0.2) is 4.98 Å². The summed E-state index contributed by atoms with van der Waals surface area (Å²) in [4.78, 5) is 4.26. The lowest BCUT2D eigenvalue weighted by Crippen LogP contribution is -2.08. The second kappa shape index (κ2) is 4.75. The fourth-order valence-electron chi connectivity index (χ4n) is 1.69. The third-order valence-corrected chi connectivity index (χ3v) is 4.27. The van der Waals surface area contributed by atoms with Gasteiger partial charge in [0.15, 0.2) is 5.16 Å². The summed E-state index contributed by atoms with van der Waals surface area (Å²) in [7, 11) is 0. The molecule has 1 saturated carbocycles. The molecule has 17 heavy (non-hydrogen) atoms. The number of nitrogens with two attached hydrogens (primary N) is 1. The van der Waals surface area contributed by atoms with Crippen molar-refractivity contribution in [2.75, 3.05) is 0 Å². The molecule has 0 spiro atoms. The largest absolute Gasteiger partial charge is 0.324 e. The van der Waals surface area contributed by atoms with Crippen LogP contribution in [-0.4, -0.2) is 19.7 Å². The van der Waals surface area contributed by atoms with Gasteiger partial charge < -0.3 is 10.3 Å². The highest BCUT2D eigenvalue weighted by Crippen LogP contribution is 2.39. The second-order valence-corrected chi connectivity index (χ2v) is 5.63. The van der Waals surface area contributed by atoms with E-state index in [4.69, 9.17) is 5.73 Å². The normalized spacial score (nSPS) is 15.4. The summed E-state index contributed by atoms with van der Waals surface area (Å²) in [5.41, 5.74) is 8.63. The van der Waals surface area contributed by atoms with Crippen molar-refractivity contribution in [3.63, 3.8) is 0 Å². The highest BCUT2D eigenvalue weighted by Gasteiger charge is 2.29. The Kier molecular flexibility index (Phi) is 3.13. The molecule has 2 N–H and O–H groups in total. The minimum atomic E-state index is 0.459. The molecule has 1 fully saturated rings. The number of nitrogens with zero attached hydrogens (tertiary/aromatic N) is 4. The summed E-state index contributed by atoms with van der Waals surface area (Å²) >= 11 is 3.31. The highest BCUT2D eigenvalue weighted by atomic mass is 32.2. The Balaban J connectivity index is 1.76. The van der Waals surface area contributed by atoms with Crippen LogP contribution in [0.4, 0.5) is 0 Å². The first-order valence-electron chi connectivity index (χ1n) is 5.52. The monoisotopic (exact) mass is 267 g/mol. The molecule has 3 rings (SSSR count). The number of hydrogen-bond donors (Lipinski definition) is 1. The van der Waals surface area contributed by atoms with Crippen molar-refractivity contribution < 1.29 is 0 Å². The topological polar surface area (TPSA) is 69.6 Å². The number of thioether (sulfide) groups is 1. The van der Waals surface area contributed by atoms with Gasteiger partial charge in [0.05, 0.1) is 17.7 Å². The van der Waals surface area contributed by atoms with E-state index in [1.54, 1.807) is 23.1 Å². The van der Waals surface area contributed by atoms with E-state index in [-0.39, 0.29) is 0 Å². The molecule has 1 aliphatic carbocycles. The predicted molar refractivity (Wildman–Crippen MR) is 67.9 cm³/mol. The Hall–Kier alpha value is -0.920. The minimum Gasteiger partial charge on any atom is -0.324 e. The van der Waals surface area contributed by atoms with Crippen LogP contribution in [0.5, 0.6) is 0 Å². The van der Waals surface area contributed by atoms with Crippen molar-refractivity contribution in [2.45, 2.75) is 36.3 Å². The van der Waals surface area contributed by atoms with E-state index < -0.39 is 0 Å². The van der Waals surface area contributed by atoms with Gasteiger partial charge in [-0.05, 0) is 12.8 Å². The average Bonchev–Trinajstić information content (AvgIpc) is 2.92. The third-order valence-electron chi connectivity index (χ3n) is 2.66. The summed E-state index contributed by atoms with van der Waals surface area (Å²) in [6.45, 7) is 0.459. The maximum Gasteiger partial charge on any atom is 0.191 e. The molecule has 5 nitrogen and oxygen atoms in total. The van der Waals surface area contributed by atoms with Crippen LogP contribution in [0.2, 0.25) is 0 Å². The third kappa shape index (κ3) is 2.36. The van der Waals surface area contributed by atoms with Gasteiger partial charge in [0, 0.05) is 17.2 Å². The lowest BCUT2D eigenvalue weighted by atomic mass is 10.5. The van der Waals surface area contributed by atoms with Crippen LogP contribution < -0.4 is 5.73 Å². The first-order valence-corrected chi connectivity index (χ1v) is 7.45. The first-order chi connectivity index (χ1) is 8.38. The van der Waals surface area contributed by atoms with Gasteiger partial charge in [-0.1, -0.05) is 11.8 Å². The fraction of sp³-hybridized carbons (Fsp3) is 0.500. The minimum absolute atomic E-state index is 0.459. The molecule has 0 atom stereocenters. The van der Waals surface area contributed by atoms with Crippen molar-refractivity contribution in [1.29, 1.82) is 0 Å². The molecule has 0 aliphatic heterocycles. The average molecular weight is 267 g/mol. The number of thiazole rings is 1. The van der Waals surface area contributed by atoms with Crippen molar-refractivity contribution in [1.82, 2.24) is 19.7 Å². The lowest BCUT2D eigenvalue weighted by Gasteiger charge is -2.06. The summed E-state index contributed by atoms with van der Waals surface area (Å²) in [5.74, 6) is 1.74. The van der Waals surface area contributed by atoms with Gasteiger partial charge in [0.2, 0.25) is 0 Å². The Bertz CT molecular complexity index is 489. The standard InChI is InChI=1S/C10H13N5S2/c11-3-9-13-14-10(15(9)8-1-2-8)17-5-7-4-16-6-12-7/h4,6,8H,1-3,5,11H2. The quantitative estimate of drug-likeness (QED) is 0.837. The van der Waals surface area contributed by atoms with Crippen LogP contribution >= 0.6 is 23.1 Å². The summed E-state index contributed by atoms with van der Waals surface area (Å²) in [6.07, 6.45) is 2.44. The van der Waals surface area contributed by atoms with E-state index in [0.717, 1.165) is 22.4 Å². The van der Waals surface area contributed by atoms with Crippen LogP contribution in [0.15, 0.2) is 16.0 Å². The molecule has 0 radical (unpaired) electrons. The fourth-order valence-corrected chi connectivity index (χ4v) is 3.28. The van der Waals surface area contributed by atoms with Crippen molar-refractivity contribution in [2.24, 2.45) is 5.73 Å². The van der Waals surface area contributed by atoms with E-state index in [1.165, 1.54) is 12.8 Å². The van der Waals surface area contributed by atoms with Gasteiger partial charge in [-0.3, -0.25) is 0 Å². The summed E-state index contributed by atoms with van der Waals surface area (Å²) in [5, 5.41) is 11.4. The first kappa shape index (κ1) is 11.2. The Morgan fingerprint density at radius 1 is 1.47 bits per heavy atom. The van der Waals surface area contributed by atoms with Gasteiger partial charge in [0.25, 0.3) is 0 Å². The van der Waals surface area contributed by atoms with Crippen LogP contribution in [0.25, 0.3) is 0 Å². The van der Waals surface area contributed by atoms with E-state index in [1.807, 2.05) is 5.51 Å². The number of aromatic nitrogens is 4. The van der Waals surface area contributed by atoms with Gasteiger partial charge in [0.1, 0.15) is 5.82 Å². The molecule has 2 heterocycles. The zero-order valence-corrected chi connectivity index (χ0v) is 10.9. The van der Waals surface area contributed by atoms with Crippen molar-refractivity contribution in [3.8, 4) is 0 Å². The zero-order chi connectivity index (χ0) is 11.7. The molecule has 2 aromatic heterocycles. The molecule has 7 heteroatoms. The molecule has 2 aromatic rings. The molecular formula is C10H13N5S2. The molecule has 90 valence electrons. The van der Waals surface area contributed by atoms with Crippen LogP contribution in [0, 0.1) is 0 Å². The van der Waals surface area contributed by atoms with Gasteiger partial charge in [-0.2, -0.15) is 0 Å². The van der Waals surface area contributed by atoms with E-state index in [2.05, 4.69) is 25.1 Å². The Morgan fingerprint density at radius 3 is 3.00 bits per heavy atom. The number of hydrogen-bond acceptors (Lipinski definition) is 6. The molecule has 0 bridgehead atoms. The zero-order valence-electron chi connectivity index (χ0n) is 9.24. The Labute approximate surface area is 107 Å². The van der Waals surface area contributed by atoms with E-state index >= 15 is 0 Å². The van der Waals surface area contributed by atoms with E-state index in [9.17, 15) is 0 Å². The maximum absolute atomic E-state index is 5.68. The second-order valence-electron chi connectivity index (χ2n) is 3.97. The predicted octanol–water partition coefficient (Wildman–Crippen LogP) is 1.82. The molecule has 0 amide bonds. The van der Waals surface area contributed by atoms with Gasteiger partial charge >= 0.3 is 0 Å². The van der Waals surface area contributed by atoms with Gasteiger partial charge in [-0.15, -0.1) is 21.5 Å². The summed E-state index contributed by atoms with van der Waals surface area (Å²) in [6, 6.07) is 0.571. The maximum atomic E-state index is 5.68. The Morgan fingerprint density at radius 2 is 2.35 bits per heavy atom. The smallest absolute Gasteiger partial charge is 0.191 e. The van der Waals surface area contributed by atoms with Crippen molar-refractivity contribution in [3.05, 3.63) is 22.4 Å². The summed E-state index contributed by atoms with van der Waals surface area (Å²) < 4.78 is 2.19. The van der Waals surface area contributed by atoms with E-state index in [0.29, 0.717) is 12.6 Å². The molecular weight excluding hydrogens is 254 g/mol. The van der Waals surface area contributed by atoms with Crippen LogP contribution in [-0.2, 0) is 12.3 Å². The SMILES string of the molecule is NCc1nnc(SCc2cscn2)n1C1CC1. The van der Waals surface area contributed by atoms with Crippen molar-refractivity contribution >= 4 is 23.1 Å². The molecule has 0 unspecified atom stereocenters. The van der Waals surface area contributed by atoms with Crippen LogP contribution in [0.3, 0.4) is 0 Å². The van der Waals surface area contributed by atoms with Crippen LogP contribution in [0.1, 0.15) is 30.4 Å². The lowest BCUT2D eigenvalue weighted by molar-refractivity contribution is 0.626. The molecule has 0 saturated heterocycles.